The summed E-state index contributed by atoms with van der Waals surface area (Å²) in [6.45, 7) is 1.97. The van der Waals surface area contributed by atoms with E-state index in [0.29, 0.717) is 5.56 Å². The lowest BCUT2D eigenvalue weighted by molar-refractivity contribution is 0.0919. The van der Waals surface area contributed by atoms with E-state index >= 15 is 0 Å². The van der Waals surface area contributed by atoms with Crippen LogP contribution in [0.3, 0.4) is 0 Å². The molecule has 0 unspecified atom stereocenters. The highest BCUT2D eigenvalue weighted by atomic mass is 19.1. The van der Waals surface area contributed by atoms with Crippen molar-refractivity contribution >= 4 is 5.91 Å². The van der Waals surface area contributed by atoms with Crippen molar-refractivity contribution < 1.29 is 9.18 Å². The van der Waals surface area contributed by atoms with Gasteiger partial charge in [0.05, 0.1) is 5.54 Å². The first-order valence-corrected chi connectivity index (χ1v) is 7.79. The van der Waals surface area contributed by atoms with E-state index < -0.39 is 5.54 Å². The van der Waals surface area contributed by atoms with Crippen molar-refractivity contribution in [3.63, 3.8) is 0 Å². The van der Waals surface area contributed by atoms with Crippen molar-refractivity contribution in [3.8, 4) is 0 Å². The fourth-order valence-corrected chi connectivity index (χ4v) is 2.75. The number of nitrogens with one attached hydrogen (secondary N) is 1. The van der Waals surface area contributed by atoms with Crippen LogP contribution in [0.5, 0.6) is 0 Å². The largest absolute Gasteiger partial charge is 0.339 e. The molecular formula is C21H18FNO. The van der Waals surface area contributed by atoms with Gasteiger partial charge < -0.3 is 5.32 Å². The summed E-state index contributed by atoms with van der Waals surface area (Å²) in [5.41, 5.74) is 1.70. The van der Waals surface area contributed by atoms with E-state index in [-0.39, 0.29) is 11.7 Å². The predicted octanol–water partition coefficient (Wildman–Crippen LogP) is 4.52. The van der Waals surface area contributed by atoms with E-state index in [1.54, 1.807) is 0 Å². The van der Waals surface area contributed by atoms with Crippen LogP contribution in [0.25, 0.3) is 0 Å². The van der Waals surface area contributed by atoms with Crippen LogP contribution >= 0.6 is 0 Å². The van der Waals surface area contributed by atoms with Gasteiger partial charge in [0.1, 0.15) is 5.82 Å². The summed E-state index contributed by atoms with van der Waals surface area (Å²) in [7, 11) is 0. The molecule has 120 valence electrons. The number of hydrogen-bond acceptors (Lipinski definition) is 1. The third kappa shape index (κ3) is 3.20. The monoisotopic (exact) mass is 319 g/mol. The van der Waals surface area contributed by atoms with Gasteiger partial charge in [0, 0.05) is 5.56 Å². The Bertz CT molecular complexity index is 774. The summed E-state index contributed by atoms with van der Waals surface area (Å²) in [6.07, 6.45) is 0. The second-order valence-corrected chi connectivity index (χ2v) is 5.82. The van der Waals surface area contributed by atoms with Crippen LogP contribution in [-0.2, 0) is 5.54 Å². The Kier molecular flexibility index (Phi) is 4.43. The Balaban J connectivity index is 2.00. The highest BCUT2D eigenvalue weighted by molar-refractivity contribution is 5.95. The van der Waals surface area contributed by atoms with E-state index in [1.807, 2.05) is 67.6 Å². The minimum absolute atomic E-state index is 0.245. The van der Waals surface area contributed by atoms with Gasteiger partial charge in [-0.25, -0.2) is 4.39 Å². The fourth-order valence-electron chi connectivity index (χ4n) is 2.75. The summed E-state index contributed by atoms with van der Waals surface area (Å²) < 4.78 is 13.1. The van der Waals surface area contributed by atoms with E-state index in [1.165, 1.54) is 24.3 Å². The Morgan fingerprint density at radius 2 is 1.25 bits per heavy atom. The van der Waals surface area contributed by atoms with Gasteiger partial charge in [-0.3, -0.25) is 4.79 Å². The third-order valence-corrected chi connectivity index (χ3v) is 4.17. The fraction of sp³-hybridized carbons (Fsp3) is 0.0952. The molecule has 2 nitrogen and oxygen atoms in total. The lowest BCUT2D eigenvalue weighted by atomic mass is 9.84. The topological polar surface area (TPSA) is 29.1 Å². The van der Waals surface area contributed by atoms with Crippen molar-refractivity contribution in [1.82, 2.24) is 5.32 Å². The van der Waals surface area contributed by atoms with Gasteiger partial charge in [0.15, 0.2) is 0 Å². The van der Waals surface area contributed by atoms with Crippen LogP contribution < -0.4 is 5.32 Å². The van der Waals surface area contributed by atoms with Gasteiger partial charge in [0.2, 0.25) is 0 Å². The molecule has 24 heavy (non-hydrogen) atoms. The zero-order chi connectivity index (χ0) is 17.0. The second-order valence-electron chi connectivity index (χ2n) is 5.82. The maximum absolute atomic E-state index is 13.1. The molecule has 0 aromatic heterocycles. The lowest BCUT2D eigenvalue weighted by Gasteiger charge is -2.32. The van der Waals surface area contributed by atoms with E-state index in [9.17, 15) is 9.18 Å². The summed E-state index contributed by atoms with van der Waals surface area (Å²) >= 11 is 0. The zero-order valence-corrected chi connectivity index (χ0v) is 13.4. The number of halogens is 1. The molecular weight excluding hydrogens is 301 g/mol. The van der Waals surface area contributed by atoms with E-state index in [4.69, 9.17) is 0 Å². The summed E-state index contributed by atoms with van der Waals surface area (Å²) in [5, 5.41) is 3.10. The highest BCUT2D eigenvalue weighted by Gasteiger charge is 2.30. The standard InChI is InChI=1S/C21H18FNO/c1-21(17-8-4-2-5-9-17,18-10-6-3-7-11-18)23-20(24)16-12-14-19(22)15-13-16/h2-15H,1H3,(H,23,24). The Hall–Kier alpha value is -2.94. The van der Waals surface area contributed by atoms with Gasteiger partial charge in [-0.15, -0.1) is 0 Å². The minimum atomic E-state index is -0.687. The molecule has 0 saturated heterocycles. The van der Waals surface area contributed by atoms with Crippen LogP contribution in [0.4, 0.5) is 4.39 Å². The maximum Gasteiger partial charge on any atom is 0.252 e. The SMILES string of the molecule is CC(NC(=O)c1ccc(F)cc1)(c1ccccc1)c1ccccc1. The van der Waals surface area contributed by atoms with Gasteiger partial charge in [-0.1, -0.05) is 60.7 Å². The molecule has 0 aliphatic heterocycles. The maximum atomic E-state index is 13.1. The van der Waals surface area contributed by atoms with Gasteiger partial charge in [0.25, 0.3) is 5.91 Å². The van der Waals surface area contributed by atoms with E-state index in [0.717, 1.165) is 11.1 Å². The number of benzene rings is 3. The predicted molar refractivity (Wildman–Crippen MR) is 93.2 cm³/mol. The Morgan fingerprint density at radius 1 is 0.792 bits per heavy atom. The van der Waals surface area contributed by atoms with Crippen molar-refractivity contribution in [3.05, 3.63) is 107 Å². The molecule has 0 bridgehead atoms. The number of carbonyl (C=O) groups is 1. The zero-order valence-electron chi connectivity index (χ0n) is 13.4. The molecule has 0 heterocycles. The summed E-state index contributed by atoms with van der Waals surface area (Å²) in [4.78, 5) is 12.7. The molecule has 0 fully saturated rings. The van der Waals surface area contributed by atoms with Crippen LogP contribution in [0, 0.1) is 5.82 Å². The number of carbonyl (C=O) groups excluding carboxylic acids is 1. The molecule has 3 rings (SSSR count). The van der Waals surface area contributed by atoms with Crippen LogP contribution in [0.15, 0.2) is 84.9 Å². The Morgan fingerprint density at radius 3 is 1.71 bits per heavy atom. The molecule has 1 N–H and O–H groups in total. The average molecular weight is 319 g/mol. The van der Waals surface area contributed by atoms with Crippen molar-refractivity contribution in [2.24, 2.45) is 0 Å². The molecule has 0 aliphatic carbocycles. The lowest BCUT2D eigenvalue weighted by Crippen LogP contribution is -2.44. The van der Waals surface area contributed by atoms with Gasteiger partial charge in [-0.05, 0) is 42.3 Å². The molecule has 0 aliphatic rings. The third-order valence-electron chi connectivity index (χ3n) is 4.17. The molecule has 3 aromatic carbocycles. The molecule has 0 radical (unpaired) electrons. The van der Waals surface area contributed by atoms with Crippen LogP contribution in [-0.4, -0.2) is 5.91 Å². The molecule has 3 heteroatoms. The summed E-state index contributed by atoms with van der Waals surface area (Å²) in [6, 6.07) is 25.2. The van der Waals surface area contributed by atoms with Crippen molar-refractivity contribution in [1.29, 1.82) is 0 Å². The minimum Gasteiger partial charge on any atom is -0.339 e. The van der Waals surface area contributed by atoms with Crippen LogP contribution in [0.1, 0.15) is 28.4 Å². The first-order valence-electron chi connectivity index (χ1n) is 7.79. The number of hydrogen-bond donors (Lipinski definition) is 1. The summed E-state index contributed by atoms with van der Waals surface area (Å²) in [5.74, 6) is -0.606. The number of rotatable bonds is 4. The van der Waals surface area contributed by atoms with Crippen molar-refractivity contribution in [2.75, 3.05) is 0 Å². The first-order chi connectivity index (χ1) is 11.6. The average Bonchev–Trinajstić information content (AvgIpc) is 2.63. The quantitative estimate of drug-likeness (QED) is 0.752. The van der Waals surface area contributed by atoms with Crippen molar-refractivity contribution in [2.45, 2.75) is 12.5 Å². The molecule has 0 atom stereocenters. The first kappa shape index (κ1) is 15.9. The smallest absolute Gasteiger partial charge is 0.252 e. The molecule has 0 spiro atoms. The normalized spacial score (nSPS) is 11.1. The molecule has 3 aromatic rings. The van der Waals surface area contributed by atoms with E-state index in [2.05, 4.69) is 5.32 Å². The van der Waals surface area contributed by atoms with Gasteiger partial charge in [-0.2, -0.15) is 0 Å². The highest BCUT2D eigenvalue weighted by Crippen LogP contribution is 2.29. The van der Waals surface area contributed by atoms with Gasteiger partial charge >= 0.3 is 0 Å². The number of amides is 1. The van der Waals surface area contributed by atoms with Crippen LogP contribution in [0.2, 0.25) is 0 Å². The molecule has 0 saturated carbocycles. The Labute approximate surface area is 141 Å². The second kappa shape index (κ2) is 6.67. The molecule has 1 amide bonds.